The van der Waals surface area contributed by atoms with Gasteiger partial charge in [-0.2, -0.15) is 0 Å². The first-order valence-corrected chi connectivity index (χ1v) is 36.1. The van der Waals surface area contributed by atoms with Crippen molar-refractivity contribution in [3.05, 3.63) is 350 Å². The van der Waals surface area contributed by atoms with E-state index in [1.807, 2.05) is 0 Å². The van der Waals surface area contributed by atoms with E-state index in [0.717, 1.165) is 175 Å². The molecule has 494 valence electrons. The lowest BCUT2D eigenvalue weighted by atomic mass is 9.30. The van der Waals surface area contributed by atoms with Gasteiger partial charge >= 0.3 is 0 Å². The molecular formula is C93H65B3N6O3. The third-order valence-electron chi connectivity index (χ3n) is 21.9. The number of benzene rings is 15. The normalized spacial score (nSPS) is 13.1. The van der Waals surface area contributed by atoms with Gasteiger partial charge < -0.3 is 44.0 Å². The fraction of sp³-hybridized carbons (Fsp3) is 0.0323. The summed E-state index contributed by atoms with van der Waals surface area (Å²) in [6, 6.07) is 121. The van der Waals surface area contributed by atoms with Crippen molar-refractivity contribution < 1.29 is 14.2 Å². The molecule has 15 aromatic carbocycles. The van der Waals surface area contributed by atoms with E-state index in [0.29, 0.717) is 0 Å². The molecule has 6 aliphatic heterocycles. The van der Waals surface area contributed by atoms with E-state index in [4.69, 9.17) is 14.2 Å². The van der Waals surface area contributed by atoms with Crippen LogP contribution in [0.4, 0.5) is 96.7 Å². The fourth-order valence-corrected chi connectivity index (χ4v) is 17.8. The highest BCUT2D eigenvalue weighted by Crippen LogP contribution is 2.52. The molecule has 0 aromatic heterocycles. The van der Waals surface area contributed by atoms with Gasteiger partial charge in [-0.15, -0.1) is 0 Å². The summed E-state index contributed by atoms with van der Waals surface area (Å²) in [6.45, 7) is 5.92. The number of nitrogens with one attached hydrogen (secondary N) is 1. The lowest BCUT2D eigenvalue weighted by Crippen LogP contribution is -2.64. The van der Waals surface area contributed by atoms with Crippen molar-refractivity contribution in [3.63, 3.8) is 0 Å². The van der Waals surface area contributed by atoms with E-state index in [2.05, 4.69) is 384 Å². The molecule has 6 aliphatic rings. The summed E-state index contributed by atoms with van der Waals surface area (Å²) in [7, 11) is 0. The first-order chi connectivity index (χ1) is 51.8. The molecular weight excluding hydrogens is 1280 g/mol. The second-order valence-corrected chi connectivity index (χ2v) is 28.2. The van der Waals surface area contributed by atoms with E-state index >= 15 is 0 Å². The van der Waals surface area contributed by atoms with E-state index in [1.54, 1.807) is 0 Å². The molecule has 0 radical (unpaired) electrons. The number of para-hydroxylation sites is 9. The fourth-order valence-electron chi connectivity index (χ4n) is 17.8. The predicted octanol–water partition coefficient (Wildman–Crippen LogP) is 18.5. The van der Waals surface area contributed by atoms with Gasteiger partial charge in [0.2, 0.25) is 0 Å². The van der Waals surface area contributed by atoms with Crippen molar-refractivity contribution in [2.24, 2.45) is 0 Å². The number of anilines is 17. The number of ether oxygens (including phenoxy) is 3. The van der Waals surface area contributed by atoms with Gasteiger partial charge in [-0.05, 0) is 191 Å². The SMILES string of the molecule is Cc1cc(C)c(N2c3cc4c(cc3B3c5ccccc5Oc5cc(N(c6ccccc6)c6ccccc6)cc2c53)B2c3cc5c(cc3Oc3cc(N(c6ccccc6)c6ccccc6)cc(c32)O4)Nc2cc(N(c3ccccc3)c3ccccc3)cc3c2B5c2ccccc2N3c2ccccc2)c(C)c1. The maximum atomic E-state index is 7.81. The third-order valence-corrected chi connectivity index (χ3v) is 21.9. The van der Waals surface area contributed by atoms with Gasteiger partial charge in [0.05, 0.1) is 22.7 Å². The summed E-state index contributed by atoms with van der Waals surface area (Å²) in [5.74, 6) is 4.65. The topological polar surface area (TPSA) is 55.9 Å². The Morgan fingerprint density at radius 3 is 1.19 bits per heavy atom. The van der Waals surface area contributed by atoms with Crippen molar-refractivity contribution in [2.45, 2.75) is 20.8 Å². The average molecular weight is 1350 g/mol. The highest BCUT2D eigenvalue weighted by molar-refractivity contribution is 7.03. The second-order valence-electron chi connectivity index (χ2n) is 28.2. The minimum Gasteiger partial charge on any atom is -0.458 e. The summed E-state index contributed by atoms with van der Waals surface area (Å²) < 4.78 is 22.8. The molecule has 0 saturated heterocycles. The van der Waals surface area contributed by atoms with Gasteiger partial charge in [0.25, 0.3) is 20.1 Å². The van der Waals surface area contributed by atoms with Crippen LogP contribution in [0.2, 0.25) is 0 Å². The molecule has 12 heteroatoms. The van der Waals surface area contributed by atoms with Gasteiger partial charge in [0.15, 0.2) is 0 Å². The molecule has 0 amide bonds. The van der Waals surface area contributed by atoms with Crippen molar-refractivity contribution in [1.82, 2.24) is 0 Å². The average Bonchev–Trinajstić information content (AvgIpc) is 0.690. The van der Waals surface area contributed by atoms with Crippen LogP contribution in [0.25, 0.3) is 0 Å². The molecule has 1 N–H and O–H groups in total. The van der Waals surface area contributed by atoms with Gasteiger partial charge in [0, 0.05) is 110 Å². The zero-order valence-corrected chi connectivity index (χ0v) is 57.9. The lowest BCUT2D eigenvalue weighted by molar-refractivity contribution is 0.465. The van der Waals surface area contributed by atoms with Crippen molar-refractivity contribution >= 4 is 166 Å². The molecule has 0 bridgehead atoms. The highest BCUT2D eigenvalue weighted by atomic mass is 16.5. The van der Waals surface area contributed by atoms with E-state index in [9.17, 15) is 0 Å². The number of aryl methyl sites for hydroxylation is 3. The van der Waals surface area contributed by atoms with E-state index < -0.39 is 0 Å². The van der Waals surface area contributed by atoms with Gasteiger partial charge in [0.1, 0.15) is 34.5 Å². The smallest absolute Gasteiger partial charge is 0.260 e. The number of hydrogen-bond donors (Lipinski definition) is 1. The van der Waals surface area contributed by atoms with Gasteiger partial charge in [-0.1, -0.05) is 194 Å². The Hall–Kier alpha value is -13.3. The molecule has 21 rings (SSSR count). The zero-order valence-electron chi connectivity index (χ0n) is 57.9. The first kappa shape index (κ1) is 60.5. The maximum Gasteiger partial charge on any atom is 0.260 e. The highest BCUT2D eigenvalue weighted by Gasteiger charge is 2.49. The van der Waals surface area contributed by atoms with E-state index in [-0.39, 0.29) is 20.1 Å². The van der Waals surface area contributed by atoms with Crippen molar-refractivity contribution in [2.75, 3.05) is 29.8 Å². The Morgan fingerprint density at radius 2 is 0.657 bits per heavy atom. The Morgan fingerprint density at radius 1 is 0.257 bits per heavy atom. The molecule has 15 aromatic rings. The second kappa shape index (κ2) is 23.9. The van der Waals surface area contributed by atoms with Crippen molar-refractivity contribution in [3.8, 4) is 34.5 Å². The summed E-state index contributed by atoms with van der Waals surface area (Å²) in [6.07, 6.45) is 0. The Labute approximate surface area is 611 Å². The molecule has 0 fully saturated rings. The summed E-state index contributed by atoms with van der Waals surface area (Å²) in [5, 5.41) is 4.17. The molecule has 0 atom stereocenters. The van der Waals surface area contributed by atoms with Crippen LogP contribution >= 0.6 is 0 Å². The summed E-state index contributed by atoms with van der Waals surface area (Å²) in [4.78, 5) is 12.0. The summed E-state index contributed by atoms with van der Waals surface area (Å²) in [5.41, 5.74) is 31.2. The van der Waals surface area contributed by atoms with Crippen LogP contribution in [0.5, 0.6) is 34.5 Å². The van der Waals surface area contributed by atoms with Crippen LogP contribution in [0.1, 0.15) is 16.7 Å². The standard InChI is InChI=1S/C93H65B3N6O3/c1-59-47-60(2)93(61(3)48-59)102-81-58-86-77(56-75(81)95-73-44-26-28-46-84(73)103-87-52-70(51-83(102)91(87)95)99(64-33-15-6-16-34-64)65-35-17-7-18-36-65)96-76-55-74-78(57-85(76)104-88-53-71(54-89(105-86)92(88)96)100(66-37-19-8-20-38-66)67-39-21-9-22-40-67)97-79-49-69(98(62-29-11-4-12-30-62)63-31-13-5-14-32-63)50-82-90(79)94(74)72-43-25-27-45-80(72)101(82)68-41-23-10-24-42-68/h4-58,97H,1-3H3. The number of rotatable bonds is 11. The van der Waals surface area contributed by atoms with Gasteiger partial charge in [-0.25, -0.2) is 0 Å². The molecule has 105 heavy (non-hydrogen) atoms. The van der Waals surface area contributed by atoms with E-state index in [1.165, 1.54) is 22.0 Å². The lowest BCUT2D eigenvalue weighted by Gasteiger charge is -2.43. The number of nitrogens with zero attached hydrogens (tertiary/aromatic N) is 5. The van der Waals surface area contributed by atoms with Crippen LogP contribution in [0.3, 0.4) is 0 Å². The molecule has 0 spiro atoms. The van der Waals surface area contributed by atoms with Crippen LogP contribution in [-0.4, -0.2) is 20.1 Å². The van der Waals surface area contributed by atoms with Crippen LogP contribution in [0.15, 0.2) is 334 Å². The number of fused-ring (bicyclic) bond motifs is 12. The third kappa shape index (κ3) is 9.59. The Bertz CT molecular complexity index is 5880. The maximum absolute atomic E-state index is 7.81. The number of hydrogen-bond acceptors (Lipinski definition) is 9. The molecule has 0 aliphatic carbocycles. The Kier molecular flexibility index (Phi) is 13.8. The molecule has 0 unspecified atom stereocenters. The van der Waals surface area contributed by atoms with Crippen LogP contribution in [0, 0.1) is 20.8 Å². The monoisotopic (exact) mass is 1350 g/mol. The van der Waals surface area contributed by atoms with Gasteiger partial charge in [-0.3, -0.25) is 0 Å². The molecule has 0 saturated carbocycles. The zero-order chi connectivity index (χ0) is 69.5. The quantitative estimate of drug-likeness (QED) is 0.128. The van der Waals surface area contributed by atoms with Crippen LogP contribution in [-0.2, 0) is 0 Å². The molecule has 9 nitrogen and oxygen atoms in total. The summed E-state index contributed by atoms with van der Waals surface area (Å²) >= 11 is 0. The molecule has 6 heterocycles. The Balaban J connectivity index is 0.818. The predicted molar refractivity (Wildman–Crippen MR) is 437 cm³/mol. The minimum absolute atomic E-state index is 0.187. The first-order valence-electron chi connectivity index (χ1n) is 36.1. The van der Waals surface area contributed by atoms with Crippen LogP contribution < -0.4 is 93.2 Å². The largest absolute Gasteiger partial charge is 0.458 e. The minimum atomic E-state index is -0.359. The van der Waals surface area contributed by atoms with Crippen molar-refractivity contribution in [1.29, 1.82) is 0 Å².